The number of rotatable bonds is 6. The van der Waals surface area contributed by atoms with E-state index in [1.165, 1.54) is 17.5 Å². The molecule has 1 amide bonds. The zero-order valence-electron chi connectivity index (χ0n) is 18.5. The third kappa shape index (κ3) is 5.78. The number of likely N-dealkylation sites (tertiary alicyclic amines) is 1. The molecule has 0 spiro atoms. The number of para-hydroxylation sites is 1. The Morgan fingerprint density at radius 1 is 1.29 bits per heavy atom. The van der Waals surface area contributed by atoms with E-state index >= 15 is 0 Å². The van der Waals surface area contributed by atoms with Gasteiger partial charge < -0.3 is 15.1 Å². The van der Waals surface area contributed by atoms with E-state index in [9.17, 15) is 4.79 Å². The summed E-state index contributed by atoms with van der Waals surface area (Å²) in [6.07, 6.45) is 8.63. The molecule has 1 aromatic heterocycles. The number of carbonyl (C=O) groups is 1. The fourth-order valence-corrected chi connectivity index (χ4v) is 4.61. The third-order valence-electron chi connectivity index (χ3n) is 6.12. The first-order valence-electron chi connectivity index (χ1n) is 11.0. The summed E-state index contributed by atoms with van der Waals surface area (Å²) in [6, 6.07) is 8.22. The fraction of sp³-hybridized carbons (Fsp3) is 0.522. The van der Waals surface area contributed by atoms with Crippen LogP contribution in [0.5, 0.6) is 0 Å². The van der Waals surface area contributed by atoms with Crippen molar-refractivity contribution in [3.05, 3.63) is 47.8 Å². The van der Waals surface area contributed by atoms with Gasteiger partial charge in [-0.1, -0.05) is 18.2 Å². The number of aryl methyl sites for hydroxylation is 1. The molecule has 8 heteroatoms. The van der Waals surface area contributed by atoms with Crippen molar-refractivity contribution in [3.8, 4) is 0 Å². The summed E-state index contributed by atoms with van der Waals surface area (Å²) in [5.74, 6) is 1.79. The van der Waals surface area contributed by atoms with E-state index in [0.29, 0.717) is 12.3 Å². The highest BCUT2D eigenvalue weighted by molar-refractivity contribution is 14.0. The summed E-state index contributed by atoms with van der Waals surface area (Å²) in [7, 11) is 3.80. The number of amides is 1. The van der Waals surface area contributed by atoms with E-state index in [1.807, 2.05) is 42.0 Å². The number of benzene rings is 1. The van der Waals surface area contributed by atoms with Crippen molar-refractivity contribution < 1.29 is 4.79 Å². The highest BCUT2D eigenvalue weighted by Gasteiger charge is 2.26. The summed E-state index contributed by atoms with van der Waals surface area (Å²) in [6.45, 7) is 3.60. The Kier molecular flexibility index (Phi) is 8.34. The molecule has 1 saturated heterocycles. The molecule has 0 radical (unpaired) electrons. The topological polar surface area (TPSA) is 65.8 Å². The highest BCUT2D eigenvalue weighted by atomic mass is 127. The predicted molar refractivity (Wildman–Crippen MR) is 135 cm³/mol. The van der Waals surface area contributed by atoms with Crippen LogP contribution in [0.15, 0.2) is 41.7 Å². The van der Waals surface area contributed by atoms with Gasteiger partial charge in [-0.05, 0) is 48.8 Å². The average Bonchev–Trinajstić information content (AvgIpc) is 3.48. The van der Waals surface area contributed by atoms with Crippen molar-refractivity contribution in [3.63, 3.8) is 0 Å². The number of anilines is 1. The molecule has 2 aliphatic rings. The Bertz CT molecular complexity index is 911. The smallest absolute Gasteiger partial charge is 0.227 e. The van der Waals surface area contributed by atoms with Crippen LogP contribution in [-0.2, 0) is 24.7 Å². The van der Waals surface area contributed by atoms with Gasteiger partial charge in [0, 0.05) is 58.6 Å². The standard InChI is InChI=1S/C23H32N6O.HI/c1-24-23(28-12-9-18(17-28)14-19-15-26-27(2)16-19)25-11-5-8-22(30)29-13-10-20-6-3-4-7-21(20)29;/h3-4,6-7,15-16,18H,5,8-14,17H2,1-2H3,(H,24,25);1H. The van der Waals surface area contributed by atoms with Crippen molar-refractivity contribution in [2.45, 2.75) is 32.1 Å². The molecule has 3 heterocycles. The second kappa shape index (κ2) is 11.0. The maximum atomic E-state index is 12.6. The van der Waals surface area contributed by atoms with Crippen LogP contribution in [0.2, 0.25) is 0 Å². The molecular weight excluding hydrogens is 503 g/mol. The van der Waals surface area contributed by atoms with E-state index in [-0.39, 0.29) is 29.9 Å². The summed E-state index contributed by atoms with van der Waals surface area (Å²) in [5.41, 5.74) is 3.66. The molecule has 2 aromatic rings. The van der Waals surface area contributed by atoms with E-state index in [4.69, 9.17) is 0 Å². The number of nitrogens with one attached hydrogen (secondary N) is 1. The van der Waals surface area contributed by atoms with Crippen LogP contribution in [0.3, 0.4) is 0 Å². The van der Waals surface area contributed by atoms with E-state index in [2.05, 4.69) is 38.6 Å². The summed E-state index contributed by atoms with van der Waals surface area (Å²) in [4.78, 5) is 21.4. The quantitative estimate of drug-likeness (QED) is 0.267. The van der Waals surface area contributed by atoms with Gasteiger partial charge in [0.1, 0.15) is 0 Å². The Morgan fingerprint density at radius 2 is 2.13 bits per heavy atom. The largest absolute Gasteiger partial charge is 0.356 e. The van der Waals surface area contributed by atoms with E-state index in [1.54, 1.807) is 0 Å². The van der Waals surface area contributed by atoms with Gasteiger partial charge in [-0.25, -0.2) is 0 Å². The minimum atomic E-state index is 0. The zero-order valence-corrected chi connectivity index (χ0v) is 20.8. The number of nitrogens with zero attached hydrogens (tertiary/aromatic N) is 5. The lowest BCUT2D eigenvalue weighted by atomic mass is 10.0. The van der Waals surface area contributed by atoms with Gasteiger partial charge in [0.25, 0.3) is 0 Å². The van der Waals surface area contributed by atoms with Crippen molar-refractivity contribution >= 4 is 41.5 Å². The van der Waals surface area contributed by atoms with Crippen LogP contribution >= 0.6 is 24.0 Å². The summed E-state index contributed by atoms with van der Waals surface area (Å²) in [5, 5.41) is 7.72. The monoisotopic (exact) mass is 536 g/mol. The van der Waals surface area contributed by atoms with Gasteiger partial charge >= 0.3 is 0 Å². The van der Waals surface area contributed by atoms with Crippen molar-refractivity contribution in [1.29, 1.82) is 0 Å². The molecule has 1 fully saturated rings. The van der Waals surface area contributed by atoms with Crippen molar-refractivity contribution in [2.24, 2.45) is 18.0 Å². The first-order valence-corrected chi connectivity index (χ1v) is 11.0. The van der Waals surface area contributed by atoms with Gasteiger partial charge in [-0.3, -0.25) is 14.5 Å². The second-order valence-electron chi connectivity index (χ2n) is 8.33. The van der Waals surface area contributed by atoms with Gasteiger partial charge in [0.05, 0.1) is 6.20 Å². The van der Waals surface area contributed by atoms with Crippen LogP contribution in [-0.4, -0.2) is 59.8 Å². The van der Waals surface area contributed by atoms with Crippen LogP contribution in [0.4, 0.5) is 5.69 Å². The molecule has 1 atom stereocenters. The average molecular weight is 536 g/mol. The van der Waals surface area contributed by atoms with Gasteiger partial charge in [-0.15, -0.1) is 24.0 Å². The second-order valence-corrected chi connectivity index (χ2v) is 8.33. The summed E-state index contributed by atoms with van der Waals surface area (Å²) < 4.78 is 1.87. The van der Waals surface area contributed by atoms with E-state index in [0.717, 1.165) is 57.1 Å². The number of halogens is 1. The third-order valence-corrected chi connectivity index (χ3v) is 6.12. The lowest BCUT2D eigenvalue weighted by Crippen LogP contribution is -2.40. The molecule has 1 unspecified atom stereocenters. The number of aliphatic imine (C=N–C) groups is 1. The number of hydrogen-bond acceptors (Lipinski definition) is 3. The molecular formula is C23H33IN6O. The van der Waals surface area contributed by atoms with Gasteiger partial charge in [0.15, 0.2) is 5.96 Å². The highest BCUT2D eigenvalue weighted by Crippen LogP contribution is 2.28. The normalized spacial score (nSPS) is 18.1. The number of aromatic nitrogens is 2. The predicted octanol–water partition coefficient (Wildman–Crippen LogP) is 2.85. The molecule has 0 aliphatic carbocycles. The van der Waals surface area contributed by atoms with Crippen molar-refractivity contribution in [1.82, 2.24) is 20.0 Å². The first-order chi connectivity index (χ1) is 14.6. The molecule has 31 heavy (non-hydrogen) atoms. The minimum absolute atomic E-state index is 0. The number of carbonyl (C=O) groups excluding carboxylic acids is 1. The van der Waals surface area contributed by atoms with Gasteiger partial charge in [0.2, 0.25) is 5.91 Å². The van der Waals surface area contributed by atoms with Crippen LogP contribution in [0.1, 0.15) is 30.4 Å². The number of fused-ring (bicyclic) bond motifs is 1. The SMILES string of the molecule is CN=C(NCCCC(=O)N1CCc2ccccc21)N1CCC(Cc2cnn(C)c2)C1.I. The molecule has 1 N–H and O–H groups in total. The van der Waals surface area contributed by atoms with Crippen LogP contribution < -0.4 is 10.2 Å². The molecule has 1 aromatic carbocycles. The molecule has 0 bridgehead atoms. The first kappa shape index (κ1) is 23.6. The Hall–Kier alpha value is -2.10. The Balaban J connectivity index is 0.00000272. The molecule has 0 saturated carbocycles. The fourth-order valence-electron chi connectivity index (χ4n) is 4.61. The minimum Gasteiger partial charge on any atom is -0.356 e. The van der Waals surface area contributed by atoms with E-state index < -0.39 is 0 Å². The lowest BCUT2D eigenvalue weighted by Gasteiger charge is -2.22. The molecule has 7 nitrogen and oxygen atoms in total. The number of guanidine groups is 1. The maximum absolute atomic E-state index is 12.6. The van der Waals surface area contributed by atoms with Crippen molar-refractivity contribution in [2.75, 3.05) is 38.1 Å². The Morgan fingerprint density at radius 3 is 2.90 bits per heavy atom. The zero-order chi connectivity index (χ0) is 20.9. The number of hydrogen-bond donors (Lipinski definition) is 1. The van der Waals surface area contributed by atoms with Gasteiger partial charge in [-0.2, -0.15) is 5.10 Å². The van der Waals surface area contributed by atoms with Crippen LogP contribution in [0, 0.1) is 5.92 Å². The molecule has 4 rings (SSSR count). The molecule has 2 aliphatic heterocycles. The molecule has 168 valence electrons. The lowest BCUT2D eigenvalue weighted by molar-refractivity contribution is -0.118. The summed E-state index contributed by atoms with van der Waals surface area (Å²) >= 11 is 0. The maximum Gasteiger partial charge on any atom is 0.227 e. The Labute approximate surface area is 201 Å². The van der Waals surface area contributed by atoms with Crippen LogP contribution in [0.25, 0.3) is 0 Å².